The zero-order chi connectivity index (χ0) is 16.8. The fourth-order valence-corrected chi connectivity index (χ4v) is 2.59. The molecule has 0 aromatic heterocycles. The third-order valence-electron chi connectivity index (χ3n) is 3.93. The van der Waals surface area contributed by atoms with Crippen LogP contribution in [0, 0.1) is 5.82 Å². The maximum absolute atomic E-state index is 12.8. The van der Waals surface area contributed by atoms with Crippen LogP contribution in [0.5, 0.6) is 0 Å². The number of anilines is 1. The Kier molecular flexibility index (Phi) is 5.05. The topological polar surface area (TPSA) is 47.9 Å². The summed E-state index contributed by atoms with van der Waals surface area (Å²) in [6.45, 7) is 2.87. The number of hydrogen-bond donors (Lipinski definition) is 1. The largest absolute Gasteiger partial charge is 0.368 e. The Balaban J connectivity index is 1.47. The van der Waals surface area contributed by atoms with Gasteiger partial charge in [0, 0.05) is 31.9 Å². The number of carbonyl (C=O) groups is 1. The molecule has 6 heteroatoms. The van der Waals surface area contributed by atoms with Crippen molar-refractivity contribution in [3.8, 4) is 0 Å². The van der Waals surface area contributed by atoms with Crippen LogP contribution in [0.15, 0.2) is 59.7 Å². The molecule has 0 radical (unpaired) electrons. The monoisotopic (exact) mass is 326 g/mol. The van der Waals surface area contributed by atoms with Crippen molar-refractivity contribution < 1.29 is 9.18 Å². The number of urea groups is 1. The summed E-state index contributed by atoms with van der Waals surface area (Å²) in [5, 5.41) is 3.92. The summed E-state index contributed by atoms with van der Waals surface area (Å²) in [5.74, 6) is -0.299. The maximum atomic E-state index is 12.8. The summed E-state index contributed by atoms with van der Waals surface area (Å²) in [7, 11) is 0. The summed E-state index contributed by atoms with van der Waals surface area (Å²) in [5.41, 5.74) is 4.41. The number of hydrazone groups is 1. The average molecular weight is 326 g/mol. The smallest absolute Gasteiger partial charge is 0.337 e. The van der Waals surface area contributed by atoms with Gasteiger partial charge in [0.15, 0.2) is 0 Å². The van der Waals surface area contributed by atoms with Crippen LogP contribution in [-0.4, -0.2) is 43.3 Å². The van der Waals surface area contributed by atoms with E-state index in [0.717, 1.165) is 18.7 Å². The van der Waals surface area contributed by atoms with Crippen LogP contribution in [0.1, 0.15) is 5.56 Å². The van der Waals surface area contributed by atoms with Crippen LogP contribution in [0.2, 0.25) is 0 Å². The van der Waals surface area contributed by atoms with E-state index in [-0.39, 0.29) is 11.8 Å². The van der Waals surface area contributed by atoms with Crippen LogP contribution < -0.4 is 10.3 Å². The number of carbonyl (C=O) groups excluding carboxylic acids is 1. The number of amides is 2. The quantitative estimate of drug-likeness (QED) is 0.696. The average Bonchev–Trinajstić information content (AvgIpc) is 2.64. The van der Waals surface area contributed by atoms with Gasteiger partial charge in [0.25, 0.3) is 0 Å². The van der Waals surface area contributed by atoms with Gasteiger partial charge in [-0.2, -0.15) is 5.10 Å². The molecule has 1 saturated heterocycles. The molecule has 1 aliphatic heterocycles. The highest BCUT2D eigenvalue weighted by Gasteiger charge is 2.20. The molecule has 0 unspecified atom stereocenters. The predicted octanol–water partition coefficient (Wildman–Crippen LogP) is 2.69. The lowest BCUT2D eigenvalue weighted by Gasteiger charge is -2.35. The summed E-state index contributed by atoms with van der Waals surface area (Å²) < 4.78 is 12.8. The van der Waals surface area contributed by atoms with Crippen molar-refractivity contribution in [3.63, 3.8) is 0 Å². The molecule has 0 atom stereocenters. The van der Waals surface area contributed by atoms with Crippen molar-refractivity contribution >= 4 is 17.9 Å². The van der Waals surface area contributed by atoms with Crippen LogP contribution in [0.25, 0.3) is 0 Å². The van der Waals surface area contributed by atoms with Crippen LogP contribution in [0.4, 0.5) is 14.9 Å². The van der Waals surface area contributed by atoms with E-state index in [2.05, 4.69) is 27.6 Å². The first-order valence-electron chi connectivity index (χ1n) is 7.86. The Morgan fingerprint density at radius 1 is 1.00 bits per heavy atom. The zero-order valence-corrected chi connectivity index (χ0v) is 13.2. The second-order valence-corrected chi connectivity index (χ2v) is 5.54. The van der Waals surface area contributed by atoms with Crippen molar-refractivity contribution in [1.29, 1.82) is 0 Å². The highest BCUT2D eigenvalue weighted by atomic mass is 19.1. The fourth-order valence-electron chi connectivity index (χ4n) is 2.59. The molecule has 3 rings (SSSR count). The van der Waals surface area contributed by atoms with Crippen molar-refractivity contribution in [1.82, 2.24) is 10.3 Å². The minimum atomic E-state index is -0.299. The molecule has 1 fully saturated rings. The van der Waals surface area contributed by atoms with E-state index in [1.807, 2.05) is 18.2 Å². The van der Waals surface area contributed by atoms with Crippen molar-refractivity contribution in [2.45, 2.75) is 0 Å². The molecule has 1 heterocycles. The highest BCUT2D eigenvalue weighted by Crippen LogP contribution is 2.15. The molecule has 5 nitrogen and oxygen atoms in total. The van der Waals surface area contributed by atoms with Crippen molar-refractivity contribution in [2.75, 3.05) is 31.1 Å². The summed E-state index contributed by atoms with van der Waals surface area (Å²) >= 11 is 0. The normalized spacial score (nSPS) is 14.9. The molecule has 2 amide bonds. The third kappa shape index (κ3) is 4.10. The zero-order valence-electron chi connectivity index (χ0n) is 13.2. The molecular formula is C18H19FN4O. The Morgan fingerprint density at radius 2 is 1.67 bits per heavy atom. The number of nitrogens with one attached hydrogen (secondary N) is 1. The predicted molar refractivity (Wildman–Crippen MR) is 92.8 cm³/mol. The van der Waals surface area contributed by atoms with Gasteiger partial charge < -0.3 is 9.80 Å². The van der Waals surface area contributed by atoms with Gasteiger partial charge in [-0.1, -0.05) is 30.3 Å². The first kappa shape index (κ1) is 16.0. The molecule has 2 aromatic rings. The molecule has 0 saturated carbocycles. The van der Waals surface area contributed by atoms with Crippen LogP contribution in [0.3, 0.4) is 0 Å². The lowest BCUT2D eigenvalue weighted by molar-refractivity contribution is 0.195. The lowest BCUT2D eigenvalue weighted by Crippen LogP contribution is -2.51. The van der Waals surface area contributed by atoms with E-state index in [0.29, 0.717) is 13.1 Å². The van der Waals surface area contributed by atoms with Gasteiger partial charge in [-0.3, -0.25) is 0 Å². The van der Waals surface area contributed by atoms with Gasteiger partial charge in [0.1, 0.15) is 5.82 Å². The number of halogens is 1. The molecule has 124 valence electrons. The summed E-state index contributed by atoms with van der Waals surface area (Å²) in [6, 6.07) is 15.8. The number of rotatable bonds is 3. The molecule has 0 aliphatic carbocycles. The van der Waals surface area contributed by atoms with Gasteiger partial charge in [-0.25, -0.2) is 14.6 Å². The van der Waals surface area contributed by atoms with E-state index >= 15 is 0 Å². The summed E-state index contributed by atoms with van der Waals surface area (Å²) in [6.07, 6.45) is 1.50. The first-order valence-corrected chi connectivity index (χ1v) is 7.86. The van der Waals surface area contributed by atoms with E-state index in [1.165, 1.54) is 24.0 Å². The van der Waals surface area contributed by atoms with E-state index < -0.39 is 0 Å². The highest BCUT2D eigenvalue weighted by molar-refractivity contribution is 5.81. The maximum Gasteiger partial charge on any atom is 0.337 e. The minimum absolute atomic E-state index is 0.221. The Hall–Kier alpha value is -2.89. The standard InChI is InChI=1S/C18H19FN4O/c19-16-8-6-15(7-9-16)14-20-21-18(24)23-12-10-22(11-13-23)17-4-2-1-3-5-17/h1-9,14H,10-13H2,(H,21,24). The molecule has 1 aliphatic rings. The van der Waals surface area contributed by atoms with E-state index in [1.54, 1.807) is 17.0 Å². The van der Waals surface area contributed by atoms with Gasteiger partial charge in [0.2, 0.25) is 0 Å². The molecule has 1 N–H and O–H groups in total. The molecule has 24 heavy (non-hydrogen) atoms. The number of hydrogen-bond acceptors (Lipinski definition) is 3. The van der Waals surface area contributed by atoms with Crippen molar-refractivity contribution in [3.05, 3.63) is 66.0 Å². The van der Waals surface area contributed by atoms with Gasteiger partial charge >= 0.3 is 6.03 Å². The molecule has 0 spiro atoms. The first-order chi connectivity index (χ1) is 11.7. The lowest BCUT2D eigenvalue weighted by atomic mass is 10.2. The Bertz CT molecular complexity index is 695. The SMILES string of the molecule is O=C(NN=Cc1ccc(F)cc1)N1CCN(c2ccccc2)CC1. The van der Waals surface area contributed by atoms with Gasteiger partial charge in [0.05, 0.1) is 6.21 Å². The second kappa shape index (κ2) is 7.59. The molecule has 2 aromatic carbocycles. The fraction of sp³-hybridized carbons (Fsp3) is 0.222. The van der Waals surface area contributed by atoms with Crippen LogP contribution >= 0.6 is 0 Å². The number of benzene rings is 2. The number of para-hydroxylation sites is 1. The Morgan fingerprint density at radius 3 is 2.33 bits per heavy atom. The van der Waals surface area contributed by atoms with Crippen molar-refractivity contribution in [2.24, 2.45) is 5.10 Å². The third-order valence-corrected chi connectivity index (χ3v) is 3.93. The summed E-state index contributed by atoms with van der Waals surface area (Å²) in [4.78, 5) is 16.1. The molecule has 0 bridgehead atoms. The minimum Gasteiger partial charge on any atom is -0.368 e. The van der Waals surface area contributed by atoms with Crippen LogP contribution in [-0.2, 0) is 0 Å². The molecular weight excluding hydrogens is 307 g/mol. The van der Waals surface area contributed by atoms with E-state index in [9.17, 15) is 9.18 Å². The van der Waals surface area contributed by atoms with Gasteiger partial charge in [-0.05, 0) is 29.8 Å². The Labute approximate surface area is 140 Å². The number of piperazine rings is 1. The van der Waals surface area contributed by atoms with Gasteiger partial charge in [-0.15, -0.1) is 0 Å². The second-order valence-electron chi connectivity index (χ2n) is 5.54. The van der Waals surface area contributed by atoms with E-state index in [4.69, 9.17) is 0 Å². The number of nitrogens with zero attached hydrogens (tertiary/aromatic N) is 3.